The fourth-order valence-corrected chi connectivity index (χ4v) is 2.37. The maximum Gasteiger partial charge on any atom is 0.254 e. The normalized spacial score (nSPS) is 19.7. The van der Waals surface area contributed by atoms with Gasteiger partial charge in [-0.05, 0) is 43.5 Å². The minimum Gasteiger partial charge on any atom is -0.334 e. The topological polar surface area (TPSA) is 46.3 Å². The number of likely N-dealkylation sites (tertiary alicyclic amines) is 1. The molecule has 0 spiro atoms. The van der Waals surface area contributed by atoms with E-state index in [4.69, 9.17) is 5.73 Å². The number of benzene rings is 1. The molecule has 17 heavy (non-hydrogen) atoms. The summed E-state index contributed by atoms with van der Waals surface area (Å²) in [5.74, 6) is -0.475. The van der Waals surface area contributed by atoms with Crippen LogP contribution in [0.5, 0.6) is 0 Å². The summed E-state index contributed by atoms with van der Waals surface area (Å²) < 4.78 is 13.3. The Morgan fingerprint density at radius 3 is 2.94 bits per heavy atom. The number of amides is 1. The molecular weight excluding hydrogens is 219 g/mol. The van der Waals surface area contributed by atoms with Gasteiger partial charge < -0.3 is 10.6 Å². The summed E-state index contributed by atoms with van der Waals surface area (Å²) >= 11 is 0. The van der Waals surface area contributed by atoms with Gasteiger partial charge in [0.15, 0.2) is 0 Å². The maximum absolute atomic E-state index is 13.3. The summed E-state index contributed by atoms with van der Waals surface area (Å²) in [5.41, 5.74) is 6.81. The predicted octanol–water partition coefficient (Wildman–Crippen LogP) is 1.70. The molecule has 0 aliphatic carbocycles. The molecule has 1 fully saturated rings. The van der Waals surface area contributed by atoms with E-state index in [2.05, 4.69) is 0 Å². The highest BCUT2D eigenvalue weighted by Gasteiger charge is 2.28. The van der Waals surface area contributed by atoms with Crippen molar-refractivity contribution >= 4 is 5.91 Å². The van der Waals surface area contributed by atoms with Gasteiger partial charge in [0, 0.05) is 24.7 Å². The van der Waals surface area contributed by atoms with Gasteiger partial charge in [-0.15, -0.1) is 0 Å². The van der Waals surface area contributed by atoms with E-state index in [0.29, 0.717) is 12.1 Å². The van der Waals surface area contributed by atoms with Crippen LogP contribution >= 0.6 is 0 Å². The summed E-state index contributed by atoms with van der Waals surface area (Å²) in [4.78, 5) is 14.0. The number of rotatable bonds is 2. The van der Waals surface area contributed by atoms with Crippen molar-refractivity contribution in [2.24, 2.45) is 5.73 Å². The second-order valence-corrected chi connectivity index (χ2v) is 4.55. The highest BCUT2D eigenvalue weighted by atomic mass is 19.1. The van der Waals surface area contributed by atoms with Crippen LogP contribution in [-0.4, -0.2) is 29.9 Å². The molecule has 3 nitrogen and oxygen atoms in total. The molecular formula is C13H17FN2O. The smallest absolute Gasteiger partial charge is 0.254 e. The van der Waals surface area contributed by atoms with Crippen LogP contribution in [0.2, 0.25) is 0 Å². The summed E-state index contributed by atoms with van der Waals surface area (Å²) in [7, 11) is 0. The molecule has 1 aliphatic heterocycles. The van der Waals surface area contributed by atoms with Crippen LogP contribution in [0.1, 0.15) is 28.8 Å². The van der Waals surface area contributed by atoms with Gasteiger partial charge in [0.1, 0.15) is 5.82 Å². The first kappa shape index (κ1) is 12.0. The Balaban J connectivity index is 2.24. The van der Waals surface area contributed by atoms with Crippen molar-refractivity contribution in [2.75, 3.05) is 13.1 Å². The molecule has 0 saturated carbocycles. The molecule has 2 N–H and O–H groups in total. The van der Waals surface area contributed by atoms with Crippen LogP contribution in [0.15, 0.2) is 18.2 Å². The van der Waals surface area contributed by atoms with E-state index in [0.717, 1.165) is 24.9 Å². The van der Waals surface area contributed by atoms with Crippen molar-refractivity contribution in [3.8, 4) is 0 Å². The highest BCUT2D eigenvalue weighted by Crippen LogP contribution is 2.20. The molecule has 2 rings (SSSR count). The van der Waals surface area contributed by atoms with Crippen LogP contribution in [-0.2, 0) is 0 Å². The third-order valence-electron chi connectivity index (χ3n) is 3.20. The fourth-order valence-electron chi connectivity index (χ4n) is 2.37. The lowest BCUT2D eigenvalue weighted by molar-refractivity contribution is 0.0740. The van der Waals surface area contributed by atoms with Crippen molar-refractivity contribution in [3.05, 3.63) is 35.1 Å². The number of nitrogens with two attached hydrogens (primary N) is 1. The third-order valence-corrected chi connectivity index (χ3v) is 3.20. The first-order valence-electron chi connectivity index (χ1n) is 5.90. The molecule has 1 heterocycles. The lowest BCUT2D eigenvalue weighted by Crippen LogP contribution is -2.39. The standard InChI is InChI=1S/C13H17FN2O/c1-9-5-10(7-11(14)6-9)13(17)16-4-2-3-12(16)8-15/h5-7,12H,2-4,8,15H2,1H3. The Kier molecular flexibility index (Phi) is 3.43. The number of aryl methyl sites for hydroxylation is 1. The first-order valence-corrected chi connectivity index (χ1v) is 5.90. The van der Waals surface area contributed by atoms with Gasteiger partial charge in [0.25, 0.3) is 5.91 Å². The Labute approximate surface area is 100 Å². The number of halogens is 1. The Bertz CT molecular complexity index is 413. The van der Waals surface area contributed by atoms with Gasteiger partial charge in [0.05, 0.1) is 0 Å². The molecule has 92 valence electrons. The van der Waals surface area contributed by atoms with Gasteiger partial charge in [-0.3, -0.25) is 4.79 Å². The van der Waals surface area contributed by atoms with E-state index < -0.39 is 0 Å². The third kappa shape index (κ3) is 2.47. The molecule has 0 bridgehead atoms. The number of carbonyl (C=O) groups excluding carboxylic acids is 1. The lowest BCUT2D eigenvalue weighted by atomic mass is 10.1. The monoisotopic (exact) mass is 236 g/mol. The van der Waals surface area contributed by atoms with Gasteiger partial charge >= 0.3 is 0 Å². The van der Waals surface area contributed by atoms with Gasteiger partial charge in [-0.1, -0.05) is 0 Å². The quantitative estimate of drug-likeness (QED) is 0.849. The molecule has 0 radical (unpaired) electrons. The zero-order valence-corrected chi connectivity index (χ0v) is 9.95. The van der Waals surface area contributed by atoms with Crippen LogP contribution in [0.25, 0.3) is 0 Å². The maximum atomic E-state index is 13.3. The van der Waals surface area contributed by atoms with Crippen molar-refractivity contribution < 1.29 is 9.18 Å². The zero-order chi connectivity index (χ0) is 12.4. The lowest BCUT2D eigenvalue weighted by Gasteiger charge is -2.23. The Morgan fingerprint density at radius 2 is 2.29 bits per heavy atom. The average molecular weight is 236 g/mol. The van der Waals surface area contributed by atoms with E-state index in [9.17, 15) is 9.18 Å². The van der Waals surface area contributed by atoms with Crippen LogP contribution < -0.4 is 5.73 Å². The van der Waals surface area contributed by atoms with E-state index in [1.807, 2.05) is 0 Å². The van der Waals surface area contributed by atoms with Crippen molar-refractivity contribution in [1.29, 1.82) is 0 Å². The van der Waals surface area contributed by atoms with Crippen molar-refractivity contribution in [1.82, 2.24) is 4.90 Å². The summed E-state index contributed by atoms with van der Waals surface area (Å²) in [6.45, 7) is 2.97. The molecule has 4 heteroatoms. The van der Waals surface area contributed by atoms with E-state index in [-0.39, 0.29) is 17.8 Å². The Morgan fingerprint density at radius 1 is 1.53 bits per heavy atom. The van der Waals surface area contributed by atoms with E-state index in [1.54, 1.807) is 17.9 Å². The Hall–Kier alpha value is -1.42. The summed E-state index contributed by atoms with van der Waals surface area (Å²) in [6.07, 6.45) is 1.92. The fraction of sp³-hybridized carbons (Fsp3) is 0.462. The van der Waals surface area contributed by atoms with Crippen LogP contribution in [0.4, 0.5) is 4.39 Å². The number of hydrogen-bond donors (Lipinski definition) is 1. The minimum absolute atomic E-state index is 0.103. The molecule has 1 atom stereocenters. The van der Waals surface area contributed by atoms with Crippen LogP contribution in [0.3, 0.4) is 0 Å². The van der Waals surface area contributed by atoms with Gasteiger partial charge in [-0.2, -0.15) is 0 Å². The number of carbonyl (C=O) groups is 1. The molecule has 0 aromatic heterocycles. The average Bonchev–Trinajstić information content (AvgIpc) is 2.74. The van der Waals surface area contributed by atoms with Gasteiger partial charge in [0.2, 0.25) is 0 Å². The second kappa shape index (κ2) is 4.84. The SMILES string of the molecule is Cc1cc(F)cc(C(=O)N2CCCC2CN)c1. The molecule has 1 unspecified atom stereocenters. The minimum atomic E-state index is -0.364. The largest absolute Gasteiger partial charge is 0.334 e. The molecule has 1 aromatic carbocycles. The number of hydrogen-bond acceptors (Lipinski definition) is 2. The van der Waals surface area contributed by atoms with E-state index >= 15 is 0 Å². The van der Waals surface area contributed by atoms with Gasteiger partial charge in [-0.25, -0.2) is 4.39 Å². The first-order chi connectivity index (χ1) is 8.11. The highest BCUT2D eigenvalue weighted by molar-refractivity contribution is 5.94. The van der Waals surface area contributed by atoms with Crippen LogP contribution in [0, 0.1) is 12.7 Å². The molecule has 1 amide bonds. The molecule has 1 aromatic rings. The molecule has 1 aliphatic rings. The second-order valence-electron chi connectivity index (χ2n) is 4.55. The summed E-state index contributed by atoms with van der Waals surface area (Å²) in [6, 6.07) is 4.53. The molecule has 1 saturated heterocycles. The predicted molar refractivity (Wildman–Crippen MR) is 64.2 cm³/mol. The van der Waals surface area contributed by atoms with E-state index in [1.165, 1.54) is 12.1 Å². The van der Waals surface area contributed by atoms with Crippen molar-refractivity contribution in [2.45, 2.75) is 25.8 Å². The summed E-state index contributed by atoms with van der Waals surface area (Å²) in [5, 5.41) is 0. The number of nitrogens with zero attached hydrogens (tertiary/aromatic N) is 1. The zero-order valence-electron chi connectivity index (χ0n) is 9.95. The van der Waals surface area contributed by atoms with Crippen molar-refractivity contribution in [3.63, 3.8) is 0 Å².